The van der Waals surface area contributed by atoms with Crippen molar-refractivity contribution < 1.29 is 9.53 Å². The molecule has 0 radical (unpaired) electrons. The van der Waals surface area contributed by atoms with Gasteiger partial charge < -0.3 is 4.74 Å². The molecule has 0 fully saturated rings. The van der Waals surface area contributed by atoms with Crippen molar-refractivity contribution in [2.45, 2.75) is 97.3 Å². The summed E-state index contributed by atoms with van der Waals surface area (Å²) in [6.45, 7) is 4.84. The van der Waals surface area contributed by atoms with Crippen LogP contribution in [0.2, 0.25) is 0 Å². The second-order valence-corrected chi connectivity index (χ2v) is 6.23. The predicted molar refractivity (Wildman–Crippen MR) is 101 cm³/mol. The fourth-order valence-electron chi connectivity index (χ4n) is 2.39. The second-order valence-electron chi connectivity index (χ2n) is 6.23. The zero-order valence-corrected chi connectivity index (χ0v) is 15.5. The molecule has 0 heterocycles. The fraction of sp³-hybridized carbons (Fsp3) is 0.762. The number of ether oxygens (including phenoxy) is 1. The van der Waals surface area contributed by atoms with Crippen molar-refractivity contribution in [2.75, 3.05) is 6.61 Å². The van der Waals surface area contributed by atoms with Gasteiger partial charge in [0.25, 0.3) is 0 Å². The van der Waals surface area contributed by atoms with Crippen LogP contribution >= 0.6 is 0 Å². The van der Waals surface area contributed by atoms with Gasteiger partial charge in [0.1, 0.15) is 0 Å². The second kappa shape index (κ2) is 19.0. The largest absolute Gasteiger partial charge is 0.466 e. The van der Waals surface area contributed by atoms with Gasteiger partial charge in [-0.1, -0.05) is 76.7 Å². The number of esters is 1. The van der Waals surface area contributed by atoms with E-state index in [2.05, 4.69) is 31.2 Å². The zero-order chi connectivity index (χ0) is 17.0. The molecule has 0 rings (SSSR count). The molecule has 0 atom stereocenters. The van der Waals surface area contributed by atoms with E-state index in [9.17, 15) is 4.79 Å². The molecule has 0 saturated carbocycles. The van der Waals surface area contributed by atoms with Crippen LogP contribution in [0.4, 0.5) is 0 Å². The maximum atomic E-state index is 11.3. The molecule has 0 aliphatic heterocycles. The lowest BCUT2D eigenvalue weighted by Crippen LogP contribution is -2.04. The summed E-state index contributed by atoms with van der Waals surface area (Å²) < 4.78 is 5.05. The fourth-order valence-corrected chi connectivity index (χ4v) is 2.39. The highest BCUT2D eigenvalue weighted by Gasteiger charge is 2.00. The highest BCUT2D eigenvalue weighted by Crippen LogP contribution is 2.07. The van der Waals surface area contributed by atoms with Crippen molar-refractivity contribution in [2.24, 2.45) is 0 Å². The molecule has 0 aromatic rings. The molecule has 0 aromatic carbocycles. The molecular formula is C21H38O2. The monoisotopic (exact) mass is 322 g/mol. The molecular weight excluding hydrogens is 284 g/mol. The van der Waals surface area contributed by atoms with E-state index in [1.165, 1.54) is 51.4 Å². The first-order valence-corrected chi connectivity index (χ1v) is 9.78. The zero-order valence-electron chi connectivity index (χ0n) is 15.5. The summed E-state index contributed by atoms with van der Waals surface area (Å²) >= 11 is 0. The summed E-state index contributed by atoms with van der Waals surface area (Å²) in [5, 5.41) is 0. The minimum atomic E-state index is -0.0356. The Morgan fingerprint density at radius 3 is 1.87 bits per heavy atom. The lowest BCUT2D eigenvalue weighted by atomic mass is 10.1. The summed E-state index contributed by atoms with van der Waals surface area (Å²) in [6, 6.07) is 0. The normalized spacial score (nSPS) is 11.6. The molecule has 0 bridgehead atoms. The van der Waals surface area contributed by atoms with Crippen molar-refractivity contribution in [3.8, 4) is 0 Å². The van der Waals surface area contributed by atoms with E-state index in [0.717, 1.165) is 25.7 Å². The van der Waals surface area contributed by atoms with Crippen LogP contribution in [0.25, 0.3) is 0 Å². The third-order valence-corrected chi connectivity index (χ3v) is 3.83. The molecule has 2 heteroatoms. The van der Waals surface area contributed by atoms with Gasteiger partial charge in [-0.3, -0.25) is 4.79 Å². The highest BCUT2D eigenvalue weighted by molar-refractivity contribution is 5.69. The molecule has 2 nitrogen and oxygen atoms in total. The van der Waals surface area contributed by atoms with Crippen molar-refractivity contribution in [1.29, 1.82) is 0 Å². The SMILES string of the molecule is CCCCCCC/C=C/C=C/CCCCCCC(=O)OCCC. The Morgan fingerprint density at radius 1 is 0.739 bits per heavy atom. The van der Waals surface area contributed by atoms with E-state index in [0.29, 0.717) is 13.0 Å². The standard InChI is InChI=1S/C21H38O2/c1-3-5-6-7-8-9-10-11-12-13-14-15-16-17-18-19-21(22)23-20-4-2/h10-13H,3-9,14-20H2,1-2H3/b11-10+,13-12+. The van der Waals surface area contributed by atoms with E-state index in [4.69, 9.17) is 4.74 Å². The summed E-state index contributed by atoms with van der Waals surface area (Å²) in [7, 11) is 0. The lowest BCUT2D eigenvalue weighted by Gasteiger charge is -2.02. The van der Waals surface area contributed by atoms with Crippen LogP contribution in [0, 0.1) is 0 Å². The van der Waals surface area contributed by atoms with Gasteiger partial charge in [0, 0.05) is 6.42 Å². The smallest absolute Gasteiger partial charge is 0.305 e. The van der Waals surface area contributed by atoms with E-state index < -0.39 is 0 Å². The van der Waals surface area contributed by atoms with Gasteiger partial charge in [0.15, 0.2) is 0 Å². The van der Waals surface area contributed by atoms with Crippen LogP contribution in [0.1, 0.15) is 97.3 Å². The lowest BCUT2D eigenvalue weighted by molar-refractivity contribution is -0.143. The summed E-state index contributed by atoms with van der Waals surface area (Å²) in [4.78, 5) is 11.3. The molecule has 134 valence electrons. The maximum absolute atomic E-state index is 11.3. The van der Waals surface area contributed by atoms with Crippen LogP contribution in [-0.2, 0) is 9.53 Å². The Labute approximate surface area is 144 Å². The third kappa shape index (κ3) is 18.9. The Bertz CT molecular complexity index is 305. The van der Waals surface area contributed by atoms with E-state index in [1.54, 1.807) is 0 Å². The highest BCUT2D eigenvalue weighted by atomic mass is 16.5. The van der Waals surface area contributed by atoms with Gasteiger partial charge in [-0.15, -0.1) is 0 Å². The molecule has 0 aromatic heterocycles. The van der Waals surface area contributed by atoms with Gasteiger partial charge in [0.2, 0.25) is 0 Å². The van der Waals surface area contributed by atoms with E-state index in [1.807, 2.05) is 6.92 Å². The third-order valence-electron chi connectivity index (χ3n) is 3.83. The van der Waals surface area contributed by atoms with Crippen molar-refractivity contribution in [3.05, 3.63) is 24.3 Å². The minimum absolute atomic E-state index is 0.0356. The number of hydrogen-bond donors (Lipinski definition) is 0. The average molecular weight is 323 g/mol. The van der Waals surface area contributed by atoms with Gasteiger partial charge in [-0.2, -0.15) is 0 Å². The van der Waals surface area contributed by atoms with E-state index >= 15 is 0 Å². The van der Waals surface area contributed by atoms with Gasteiger partial charge >= 0.3 is 5.97 Å². The number of allylic oxidation sites excluding steroid dienone is 4. The van der Waals surface area contributed by atoms with E-state index in [-0.39, 0.29) is 5.97 Å². The minimum Gasteiger partial charge on any atom is -0.466 e. The van der Waals surface area contributed by atoms with Crippen LogP contribution in [0.3, 0.4) is 0 Å². The molecule has 0 spiro atoms. The molecule has 0 unspecified atom stereocenters. The molecule has 0 N–H and O–H groups in total. The van der Waals surface area contributed by atoms with Crippen LogP contribution < -0.4 is 0 Å². The quantitative estimate of drug-likeness (QED) is 0.178. The van der Waals surface area contributed by atoms with Crippen LogP contribution in [-0.4, -0.2) is 12.6 Å². The first-order chi connectivity index (χ1) is 11.3. The molecule has 0 amide bonds. The Kier molecular flexibility index (Phi) is 18.1. The summed E-state index contributed by atoms with van der Waals surface area (Å²) in [5.74, 6) is -0.0356. The van der Waals surface area contributed by atoms with Crippen molar-refractivity contribution >= 4 is 5.97 Å². The average Bonchev–Trinajstić information content (AvgIpc) is 2.56. The molecule has 0 aliphatic carbocycles. The summed E-state index contributed by atoms with van der Waals surface area (Å²) in [5.41, 5.74) is 0. The number of rotatable bonds is 16. The summed E-state index contributed by atoms with van der Waals surface area (Å²) in [6.07, 6.45) is 24.0. The first kappa shape index (κ1) is 21.9. The van der Waals surface area contributed by atoms with Crippen LogP contribution in [0.15, 0.2) is 24.3 Å². The molecule has 23 heavy (non-hydrogen) atoms. The van der Waals surface area contributed by atoms with Gasteiger partial charge in [-0.25, -0.2) is 0 Å². The number of carbonyl (C=O) groups is 1. The number of hydrogen-bond acceptors (Lipinski definition) is 2. The molecule has 0 aliphatic rings. The number of carbonyl (C=O) groups excluding carboxylic acids is 1. The van der Waals surface area contributed by atoms with Crippen molar-refractivity contribution in [3.63, 3.8) is 0 Å². The number of unbranched alkanes of at least 4 members (excludes halogenated alkanes) is 9. The Balaban J connectivity index is 3.26. The first-order valence-electron chi connectivity index (χ1n) is 9.78. The maximum Gasteiger partial charge on any atom is 0.305 e. The van der Waals surface area contributed by atoms with Gasteiger partial charge in [-0.05, 0) is 38.5 Å². The van der Waals surface area contributed by atoms with Gasteiger partial charge in [0.05, 0.1) is 6.61 Å². The Hall–Kier alpha value is -1.05. The van der Waals surface area contributed by atoms with Crippen molar-refractivity contribution in [1.82, 2.24) is 0 Å². The predicted octanol–water partition coefficient (Wildman–Crippen LogP) is 6.75. The Morgan fingerprint density at radius 2 is 1.30 bits per heavy atom. The molecule has 0 saturated heterocycles. The topological polar surface area (TPSA) is 26.3 Å². The van der Waals surface area contributed by atoms with Crippen LogP contribution in [0.5, 0.6) is 0 Å².